The normalized spacial score (nSPS) is 17.0. The van der Waals surface area contributed by atoms with E-state index >= 15 is 8.78 Å². The Morgan fingerprint density at radius 3 is 2.50 bits per heavy atom. The number of benzene rings is 3. The molecule has 0 aliphatic heterocycles. The average molecular weight is 677 g/mol. The second-order valence-electron chi connectivity index (χ2n) is 12.0. The molecule has 0 amide bonds. The van der Waals surface area contributed by atoms with Crippen molar-refractivity contribution >= 4 is 34.2 Å². The Morgan fingerprint density at radius 2 is 1.79 bits per heavy atom. The minimum Gasteiger partial charge on any atom is -0.451 e. The van der Waals surface area contributed by atoms with Crippen LogP contribution in [0.25, 0.3) is 22.0 Å². The lowest BCUT2D eigenvalue weighted by atomic mass is 9.96. The number of carbonyl (C=O) groups is 1. The van der Waals surface area contributed by atoms with E-state index in [1.807, 2.05) is 6.92 Å². The van der Waals surface area contributed by atoms with Crippen molar-refractivity contribution in [1.82, 2.24) is 14.9 Å². The maximum absolute atomic E-state index is 16.1. The summed E-state index contributed by atoms with van der Waals surface area (Å²) in [5.74, 6) is -5.26. The Bertz CT molecular complexity index is 1880. The zero-order valence-corrected chi connectivity index (χ0v) is 25.7. The first kappa shape index (κ1) is 33.4. The number of nitrogens with one attached hydrogen (secondary N) is 2. The monoisotopic (exact) mass is 676 g/mol. The highest BCUT2D eigenvalue weighted by molar-refractivity contribution is 5.88. The molecule has 2 aliphatic rings. The number of halogens is 6. The van der Waals surface area contributed by atoms with E-state index in [1.165, 1.54) is 12.5 Å². The van der Waals surface area contributed by atoms with E-state index in [2.05, 4.69) is 25.4 Å². The van der Waals surface area contributed by atoms with Gasteiger partial charge in [-0.2, -0.15) is 18.6 Å². The zero-order valence-electron chi connectivity index (χ0n) is 25.7. The van der Waals surface area contributed by atoms with Crippen LogP contribution in [0.4, 0.5) is 43.7 Å². The molecular formula is C33H32F6N5O4+. The lowest BCUT2D eigenvalue weighted by molar-refractivity contribution is -0.273. The van der Waals surface area contributed by atoms with Crippen molar-refractivity contribution in [2.24, 2.45) is 0 Å². The minimum absolute atomic E-state index is 0.0314. The van der Waals surface area contributed by atoms with Gasteiger partial charge < -0.3 is 10.1 Å². The second kappa shape index (κ2) is 12.9. The molecule has 15 heteroatoms. The Morgan fingerprint density at radius 1 is 1.04 bits per heavy atom. The van der Waals surface area contributed by atoms with Crippen molar-refractivity contribution < 1.29 is 46.3 Å². The topological polar surface area (TPSA) is 117 Å². The van der Waals surface area contributed by atoms with Crippen molar-refractivity contribution in [2.75, 3.05) is 10.7 Å². The van der Waals surface area contributed by atoms with E-state index in [4.69, 9.17) is 0 Å². The van der Waals surface area contributed by atoms with Gasteiger partial charge in [0, 0.05) is 34.8 Å². The fourth-order valence-corrected chi connectivity index (χ4v) is 6.49. The largest absolute Gasteiger partial charge is 0.490 e. The number of anilines is 2. The van der Waals surface area contributed by atoms with Gasteiger partial charge in [-0.1, -0.05) is 26.2 Å². The molecule has 4 aromatic rings. The van der Waals surface area contributed by atoms with E-state index < -0.39 is 57.6 Å². The van der Waals surface area contributed by atoms with Gasteiger partial charge >= 0.3 is 12.1 Å². The summed E-state index contributed by atoms with van der Waals surface area (Å²) in [5, 5.41) is 25.9. The van der Waals surface area contributed by atoms with E-state index in [9.17, 15) is 32.8 Å². The van der Waals surface area contributed by atoms with Crippen LogP contribution in [0, 0.1) is 17.5 Å². The Labute approximate surface area is 270 Å². The maximum Gasteiger partial charge on any atom is 0.490 e. The molecule has 1 heterocycles. The summed E-state index contributed by atoms with van der Waals surface area (Å²) in [6.45, 7) is 1.87. The van der Waals surface area contributed by atoms with Gasteiger partial charge in [0.05, 0.1) is 16.0 Å². The summed E-state index contributed by atoms with van der Waals surface area (Å²) in [4.78, 5) is 18.2. The number of hydrogen-bond acceptors (Lipinski definition) is 8. The number of aryl methyl sites for hydroxylation is 1. The number of hydrogen-bond donors (Lipinski definition) is 4. The molecule has 1 atom stereocenters. The van der Waals surface area contributed by atoms with Gasteiger partial charge in [0.2, 0.25) is 11.6 Å². The van der Waals surface area contributed by atoms with Crippen molar-refractivity contribution in [2.45, 2.75) is 76.6 Å². The highest BCUT2D eigenvalue weighted by Crippen LogP contribution is 2.43. The van der Waals surface area contributed by atoms with E-state index in [1.54, 1.807) is 12.3 Å². The van der Waals surface area contributed by atoms with Crippen LogP contribution in [0.3, 0.4) is 0 Å². The number of fused-ring (bicyclic) bond motifs is 2. The van der Waals surface area contributed by atoms with Crippen LogP contribution in [-0.2, 0) is 22.4 Å². The maximum atomic E-state index is 16.1. The quantitative estimate of drug-likeness (QED) is 0.0639. The molecule has 0 radical (unpaired) electrons. The molecule has 1 saturated carbocycles. The molecule has 0 saturated heterocycles. The van der Waals surface area contributed by atoms with Gasteiger partial charge in [-0.3, -0.25) is 0 Å². The Balaban J connectivity index is 1.32. The van der Waals surface area contributed by atoms with E-state index in [0.717, 1.165) is 43.9 Å². The van der Waals surface area contributed by atoms with Crippen LogP contribution in [0.5, 0.6) is 0 Å². The van der Waals surface area contributed by atoms with Crippen molar-refractivity contribution in [3.63, 3.8) is 0 Å². The van der Waals surface area contributed by atoms with Crippen molar-refractivity contribution in [1.29, 1.82) is 0 Å². The number of quaternary nitrogens is 1. The Hall–Kier alpha value is -4.47. The Kier molecular flexibility index (Phi) is 8.96. The minimum atomic E-state index is -5.29. The van der Waals surface area contributed by atoms with Crippen LogP contribution in [0.2, 0.25) is 0 Å². The predicted molar refractivity (Wildman–Crippen MR) is 163 cm³/mol. The number of esters is 1. The summed E-state index contributed by atoms with van der Waals surface area (Å²) < 4.78 is 88.9. The fourth-order valence-electron chi connectivity index (χ4n) is 6.49. The third-order valence-corrected chi connectivity index (χ3v) is 8.78. The lowest BCUT2D eigenvalue weighted by Crippen LogP contribution is -2.48. The second-order valence-corrected chi connectivity index (χ2v) is 12.0. The fraction of sp³-hybridized carbons (Fsp3) is 0.364. The highest BCUT2D eigenvalue weighted by atomic mass is 19.4. The number of ether oxygens (including phenoxy) is 1. The standard InChI is InChI=1S/C33H32F6N5O4/c1-2-17-12-18(13-19-16-40-32(42-30(17)19)41-21-6-4-3-5-7-21)28-24(35)9-10-25(29(28)36)43-44(46,47)26-15-20(34)14-23-22(26)8-11-27(23)48-31(45)33(37,38)39/h9-10,12-16,21,27,43,46-47H,2-8,11H2,1H3,(H,40,41,42)/q+1. The van der Waals surface area contributed by atoms with Gasteiger partial charge in [-0.15, -0.1) is 10.4 Å². The number of rotatable bonds is 8. The van der Waals surface area contributed by atoms with E-state index in [0.29, 0.717) is 34.9 Å². The molecule has 254 valence electrons. The lowest BCUT2D eigenvalue weighted by Gasteiger charge is -2.24. The third kappa shape index (κ3) is 6.62. The summed E-state index contributed by atoms with van der Waals surface area (Å²) >= 11 is 0. The van der Waals surface area contributed by atoms with Crippen molar-refractivity contribution in [3.05, 3.63) is 76.7 Å². The predicted octanol–water partition coefficient (Wildman–Crippen LogP) is 8.23. The first-order valence-corrected chi connectivity index (χ1v) is 15.5. The SMILES string of the molecule is CCc1cc(-c2c(F)ccc(N[N+](O)(O)c3cc(F)cc4c3CCC4OC(=O)C(F)(F)F)c2F)cc2cnc(NC3CCCCC3)nc12. The summed E-state index contributed by atoms with van der Waals surface area (Å²) in [5.41, 5.74) is 1.62. The molecule has 2 aliphatic carbocycles. The zero-order chi connectivity index (χ0) is 34.4. The molecule has 9 nitrogen and oxygen atoms in total. The molecular weight excluding hydrogens is 644 g/mol. The molecule has 0 bridgehead atoms. The van der Waals surface area contributed by atoms with Crippen molar-refractivity contribution in [3.8, 4) is 11.1 Å². The molecule has 1 fully saturated rings. The van der Waals surface area contributed by atoms with Crippen LogP contribution in [0.1, 0.15) is 68.2 Å². The number of alkyl halides is 3. The number of nitrogens with zero attached hydrogens (tertiary/aromatic N) is 3. The van der Waals surface area contributed by atoms with Gasteiger partial charge in [0.1, 0.15) is 23.4 Å². The van der Waals surface area contributed by atoms with E-state index in [-0.39, 0.29) is 35.6 Å². The summed E-state index contributed by atoms with van der Waals surface area (Å²) in [7, 11) is 0. The van der Waals surface area contributed by atoms with Crippen LogP contribution in [-0.4, -0.2) is 38.6 Å². The number of carbonyl (C=O) groups excluding carboxylic acids is 1. The first-order chi connectivity index (χ1) is 22.7. The molecule has 3 aromatic carbocycles. The summed E-state index contributed by atoms with van der Waals surface area (Å²) in [6, 6.07) is 6.71. The van der Waals surface area contributed by atoms with Gasteiger partial charge in [-0.05, 0) is 73.6 Å². The smallest absolute Gasteiger partial charge is 0.451 e. The highest BCUT2D eigenvalue weighted by Gasteiger charge is 2.45. The third-order valence-electron chi connectivity index (χ3n) is 8.78. The average Bonchev–Trinajstić information content (AvgIpc) is 3.43. The first-order valence-electron chi connectivity index (χ1n) is 15.5. The summed E-state index contributed by atoms with van der Waals surface area (Å²) in [6.07, 6.45) is 0.391. The van der Waals surface area contributed by atoms with Gasteiger partial charge in [0.25, 0.3) is 0 Å². The molecule has 0 spiro atoms. The van der Waals surface area contributed by atoms with Gasteiger partial charge in [-0.25, -0.2) is 27.9 Å². The van der Waals surface area contributed by atoms with Crippen LogP contribution < -0.4 is 15.7 Å². The van der Waals surface area contributed by atoms with Crippen LogP contribution >= 0.6 is 0 Å². The molecule has 1 unspecified atom stereocenters. The number of aromatic nitrogens is 2. The molecule has 4 N–H and O–H groups in total. The molecule has 6 rings (SSSR count). The van der Waals surface area contributed by atoms with Crippen LogP contribution in [0.15, 0.2) is 42.6 Å². The molecule has 1 aromatic heterocycles. The van der Waals surface area contributed by atoms with Gasteiger partial charge in [0.15, 0.2) is 5.82 Å². The molecule has 48 heavy (non-hydrogen) atoms.